The van der Waals surface area contributed by atoms with E-state index in [1.54, 1.807) is 0 Å². The molecule has 0 spiro atoms. The number of nitrogens with zero attached hydrogens (tertiary/aromatic N) is 1. The molecule has 0 bridgehead atoms. The molecule has 0 radical (unpaired) electrons. The van der Waals surface area contributed by atoms with Crippen LogP contribution < -0.4 is 5.32 Å². The van der Waals surface area contributed by atoms with E-state index in [0.717, 1.165) is 0 Å². The maximum absolute atomic E-state index is 7.59. The van der Waals surface area contributed by atoms with Crippen molar-refractivity contribution >= 4 is 25.0 Å². The summed E-state index contributed by atoms with van der Waals surface area (Å²) >= 11 is 0. The molecule has 1 N–H and O–H groups in total. The number of nitrogens with one attached hydrogen (secondary N) is 1. The normalized spacial score (nSPS) is 31.6. The lowest BCUT2D eigenvalue weighted by Gasteiger charge is -2.47. The molecular weight excluding hydrogens is 364 g/mol. The van der Waals surface area contributed by atoms with E-state index in [0.29, 0.717) is 6.61 Å². The summed E-state index contributed by atoms with van der Waals surface area (Å²) in [6.45, 7) is 30.1. The van der Waals surface area contributed by atoms with Gasteiger partial charge in [-0.1, -0.05) is 6.92 Å². The topological polar surface area (TPSA) is 44.1 Å². The van der Waals surface area contributed by atoms with Crippen LogP contribution in [0.5, 0.6) is 0 Å². The fourth-order valence-corrected chi connectivity index (χ4v) is 5.91. The molecule has 5 atom stereocenters. The summed E-state index contributed by atoms with van der Waals surface area (Å²) in [5.41, 5.74) is 0. The van der Waals surface area contributed by atoms with E-state index in [4.69, 9.17) is 19.9 Å². The van der Waals surface area contributed by atoms with Crippen molar-refractivity contribution in [1.29, 1.82) is 0 Å². The molecule has 0 saturated carbocycles. The van der Waals surface area contributed by atoms with Crippen LogP contribution in [0.25, 0.3) is 4.85 Å². The maximum atomic E-state index is 7.59. The van der Waals surface area contributed by atoms with Crippen molar-refractivity contribution in [1.82, 2.24) is 5.32 Å². The third-order valence-electron chi connectivity index (χ3n) is 3.94. The minimum Gasteiger partial charge on any atom is -0.416 e. The largest absolute Gasteiger partial charge is 0.416 e. The molecule has 0 aliphatic carbocycles. The Labute approximate surface area is 158 Å². The van der Waals surface area contributed by atoms with Crippen LogP contribution in [0.2, 0.25) is 58.9 Å². The van der Waals surface area contributed by atoms with Gasteiger partial charge in [0.2, 0.25) is 0 Å². The lowest BCUT2D eigenvalue weighted by atomic mass is 9.88. The molecule has 1 aliphatic heterocycles. The Morgan fingerprint density at radius 2 is 1.32 bits per heavy atom. The fourth-order valence-electron chi connectivity index (χ4n) is 2.95. The first kappa shape index (κ1) is 23.0. The average Bonchev–Trinajstić information content (AvgIpc) is 2.38. The van der Waals surface area contributed by atoms with Crippen molar-refractivity contribution < 1.29 is 13.3 Å². The van der Waals surface area contributed by atoms with Gasteiger partial charge in [0.15, 0.2) is 25.0 Å². The highest BCUT2D eigenvalue weighted by Crippen LogP contribution is 2.31. The number of hydrogen-bond donors (Lipinski definition) is 1. The summed E-state index contributed by atoms with van der Waals surface area (Å²) in [5, 5.41) is 3.49. The van der Waals surface area contributed by atoms with E-state index < -0.39 is 25.0 Å². The zero-order valence-corrected chi connectivity index (χ0v) is 20.8. The van der Waals surface area contributed by atoms with Crippen LogP contribution in [-0.4, -0.2) is 56.0 Å². The molecule has 8 heteroatoms. The first-order valence-corrected chi connectivity index (χ1v) is 19.5. The van der Waals surface area contributed by atoms with E-state index in [2.05, 4.69) is 76.0 Å². The Balaban J connectivity index is 3.14. The third-order valence-corrected chi connectivity index (χ3v) is 6.93. The zero-order chi connectivity index (χ0) is 19.6. The van der Waals surface area contributed by atoms with Gasteiger partial charge in [-0.05, 0) is 58.9 Å². The van der Waals surface area contributed by atoms with E-state index >= 15 is 0 Å². The Hall–Kier alpha value is -0.0194. The van der Waals surface area contributed by atoms with Crippen molar-refractivity contribution in [3.05, 3.63) is 11.4 Å². The van der Waals surface area contributed by atoms with Crippen LogP contribution in [-0.2, 0) is 13.3 Å². The SMILES string of the molecule is [C-]#[N+][C@H]1N[C@H](CO[Si](C)(C)C)[C@@H](O[Si](C)(C)C)[C@H](O[Si](C)(C)C)[C@H]1C. The smallest absolute Gasteiger partial charge is 0.282 e. The minimum absolute atomic E-state index is 0.00454. The van der Waals surface area contributed by atoms with Gasteiger partial charge in [-0.3, -0.25) is 4.85 Å². The first-order chi connectivity index (χ1) is 11.1. The summed E-state index contributed by atoms with van der Waals surface area (Å²) in [6, 6.07) is -0.00454. The zero-order valence-electron chi connectivity index (χ0n) is 17.8. The van der Waals surface area contributed by atoms with Crippen LogP contribution in [0.3, 0.4) is 0 Å². The van der Waals surface area contributed by atoms with Gasteiger partial charge in [-0.15, -0.1) is 0 Å². The molecule has 0 aromatic heterocycles. The molecule has 146 valence electrons. The lowest BCUT2D eigenvalue weighted by molar-refractivity contribution is -0.0538. The average molecular weight is 403 g/mol. The molecule has 0 aromatic carbocycles. The molecule has 1 saturated heterocycles. The highest BCUT2D eigenvalue weighted by atomic mass is 28.4. The molecule has 25 heavy (non-hydrogen) atoms. The molecule has 1 fully saturated rings. The Morgan fingerprint density at radius 3 is 1.72 bits per heavy atom. The third kappa shape index (κ3) is 8.03. The van der Waals surface area contributed by atoms with Crippen LogP contribution in [0.1, 0.15) is 6.92 Å². The molecule has 0 amide bonds. The van der Waals surface area contributed by atoms with E-state index in [1.165, 1.54) is 0 Å². The first-order valence-electron chi connectivity index (χ1n) is 9.25. The maximum Gasteiger partial charge on any atom is 0.282 e. The summed E-state index contributed by atoms with van der Waals surface area (Å²) < 4.78 is 19.3. The van der Waals surface area contributed by atoms with Crippen molar-refractivity contribution in [3.63, 3.8) is 0 Å². The number of hydrogen-bond acceptors (Lipinski definition) is 4. The molecular formula is C17H38N2O3Si3. The Bertz CT molecular complexity index is 477. The number of rotatable bonds is 7. The van der Waals surface area contributed by atoms with Crippen molar-refractivity contribution in [2.24, 2.45) is 5.92 Å². The second kappa shape index (κ2) is 8.33. The second-order valence-electron chi connectivity index (χ2n) is 10.0. The van der Waals surface area contributed by atoms with Gasteiger partial charge >= 0.3 is 0 Å². The lowest BCUT2D eigenvalue weighted by Crippen LogP contribution is -2.66. The standard InChI is InChI=1S/C17H38N2O3Si3/c1-13-15(21-24(6,7)8)16(22-25(9,10)11)14(19-17(13)18-2)12-20-23(3,4)5/h13-17,19H,12H2,1,3-11H3/t13-,14-,15-,16-,17+/m1/s1. The summed E-state index contributed by atoms with van der Waals surface area (Å²) in [5.74, 6) is 0.0914. The van der Waals surface area contributed by atoms with Crippen molar-refractivity contribution in [2.75, 3.05) is 6.61 Å². The molecule has 1 heterocycles. The van der Waals surface area contributed by atoms with E-state index in [1.807, 2.05) is 0 Å². The van der Waals surface area contributed by atoms with E-state index in [9.17, 15) is 0 Å². The predicted octanol–water partition coefficient (Wildman–Crippen LogP) is 4.13. The summed E-state index contributed by atoms with van der Waals surface area (Å²) in [6.07, 6.45) is -0.380. The second-order valence-corrected chi connectivity index (χ2v) is 23.5. The van der Waals surface area contributed by atoms with Gasteiger partial charge in [-0.25, -0.2) is 11.9 Å². The predicted molar refractivity (Wildman–Crippen MR) is 112 cm³/mol. The van der Waals surface area contributed by atoms with Crippen LogP contribution in [0, 0.1) is 12.5 Å². The summed E-state index contributed by atoms with van der Waals surface area (Å²) in [4.78, 5) is 3.82. The van der Waals surface area contributed by atoms with Gasteiger partial charge in [0.25, 0.3) is 6.17 Å². The monoisotopic (exact) mass is 402 g/mol. The highest BCUT2D eigenvalue weighted by Gasteiger charge is 2.49. The Morgan fingerprint density at radius 1 is 0.840 bits per heavy atom. The molecule has 1 rings (SSSR count). The van der Waals surface area contributed by atoms with Crippen molar-refractivity contribution in [3.8, 4) is 0 Å². The molecule has 1 aliphatic rings. The van der Waals surface area contributed by atoms with Gasteiger partial charge in [0.1, 0.15) is 0 Å². The van der Waals surface area contributed by atoms with Gasteiger partial charge in [-0.2, -0.15) is 0 Å². The highest BCUT2D eigenvalue weighted by molar-refractivity contribution is 6.70. The molecule has 5 nitrogen and oxygen atoms in total. The van der Waals surface area contributed by atoms with Crippen molar-refractivity contribution in [2.45, 2.75) is 90.3 Å². The van der Waals surface area contributed by atoms with Crippen LogP contribution in [0.4, 0.5) is 0 Å². The fraction of sp³-hybridized carbons (Fsp3) is 0.941. The number of piperidine rings is 1. The Kier molecular flexibility index (Phi) is 7.67. The quantitative estimate of drug-likeness (QED) is 0.513. The van der Waals surface area contributed by atoms with E-state index in [-0.39, 0.29) is 30.3 Å². The van der Waals surface area contributed by atoms with Gasteiger partial charge in [0, 0.05) is 0 Å². The summed E-state index contributed by atoms with van der Waals surface area (Å²) in [7, 11) is -5.17. The minimum atomic E-state index is -1.77. The van der Waals surface area contributed by atoms with Gasteiger partial charge < -0.3 is 13.3 Å². The van der Waals surface area contributed by atoms with Crippen LogP contribution >= 0.6 is 0 Å². The van der Waals surface area contributed by atoms with Crippen LogP contribution in [0.15, 0.2) is 0 Å². The van der Waals surface area contributed by atoms with Gasteiger partial charge in [0.05, 0.1) is 30.8 Å². The molecule has 0 aromatic rings. The molecule has 0 unspecified atom stereocenters.